The molecule has 31 heavy (non-hydrogen) atoms. The Morgan fingerprint density at radius 1 is 0.710 bits per heavy atom. The summed E-state index contributed by atoms with van der Waals surface area (Å²) >= 11 is 0. The van der Waals surface area contributed by atoms with E-state index in [-0.39, 0.29) is 0 Å². The highest BCUT2D eigenvalue weighted by molar-refractivity contribution is 5.66. The van der Waals surface area contributed by atoms with Crippen molar-refractivity contribution in [1.29, 1.82) is 10.5 Å². The van der Waals surface area contributed by atoms with Crippen LogP contribution in [0.5, 0.6) is 0 Å². The maximum atomic E-state index is 9.20. The van der Waals surface area contributed by atoms with Crippen molar-refractivity contribution < 1.29 is 0 Å². The summed E-state index contributed by atoms with van der Waals surface area (Å²) in [5.41, 5.74) is 6.44. The molecule has 0 unspecified atom stereocenters. The Morgan fingerprint density at radius 3 is 2.06 bits per heavy atom. The average Bonchev–Trinajstić information content (AvgIpc) is 2.84. The second-order valence-electron chi connectivity index (χ2n) is 7.88. The topological polar surface area (TPSA) is 73.4 Å². The molecule has 4 aromatic rings. The maximum absolute atomic E-state index is 9.20. The first kappa shape index (κ1) is 20.0. The first-order valence-electron chi connectivity index (χ1n) is 9.95. The number of benzene rings is 2. The molecule has 0 saturated carbocycles. The molecule has 148 valence electrons. The molecule has 0 aliphatic heterocycles. The summed E-state index contributed by atoms with van der Waals surface area (Å²) in [5, 5.41) is 18.4. The predicted molar refractivity (Wildman–Crippen MR) is 121 cm³/mol. The van der Waals surface area contributed by atoms with Crippen molar-refractivity contribution in [3.63, 3.8) is 0 Å². The van der Waals surface area contributed by atoms with E-state index in [1.165, 1.54) is 0 Å². The van der Waals surface area contributed by atoms with Crippen LogP contribution in [0.3, 0.4) is 0 Å². The van der Waals surface area contributed by atoms with Gasteiger partial charge in [-0.15, -0.1) is 0 Å². The van der Waals surface area contributed by atoms with Gasteiger partial charge < -0.3 is 0 Å². The number of hydrogen-bond acceptors (Lipinski definition) is 4. The molecule has 2 aromatic carbocycles. The smallest absolute Gasteiger partial charge is 0.0991 e. The summed E-state index contributed by atoms with van der Waals surface area (Å²) in [6, 6.07) is 27.4. The van der Waals surface area contributed by atoms with Crippen LogP contribution in [0.25, 0.3) is 22.4 Å². The lowest BCUT2D eigenvalue weighted by Crippen LogP contribution is -2.21. The number of aromatic nitrogens is 2. The van der Waals surface area contributed by atoms with Gasteiger partial charge in [0.15, 0.2) is 0 Å². The van der Waals surface area contributed by atoms with Crippen LogP contribution in [0.2, 0.25) is 0 Å². The van der Waals surface area contributed by atoms with E-state index >= 15 is 0 Å². The normalized spacial score (nSPS) is 10.8. The largest absolute Gasteiger partial charge is 0.264 e. The molecule has 4 heteroatoms. The van der Waals surface area contributed by atoms with Crippen LogP contribution in [0.1, 0.15) is 36.2 Å². The summed E-state index contributed by atoms with van der Waals surface area (Å²) < 4.78 is 0. The minimum Gasteiger partial charge on any atom is -0.264 e. The fraction of sp³-hybridized carbons (Fsp3) is 0.111. The lowest BCUT2D eigenvalue weighted by Gasteiger charge is -2.25. The molecule has 0 aliphatic carbocycles. The third-order valence-corrected chi connectivity index (χ3v) is 5.46. The van der Waals surface area contributed by atoms with Gasteiger partial charge in [-0.05, 0) is 53.6 Å². The van der Waals surface area contributed by atoms with E-state index in [0.29, 0.717) is 11.1 Å². The van der Waals surface area contributed by atoms with Crippen LogP contribution in [-0.2, 0) is 5.41 Å². The van der Waals surface area contributed by atoms with Crippen LogP contribution in [0, 0.1) is 22.7 Å². The zero-order valence-electron chi connectivity index (χ0n) is 17.4. The van der Waals surface area contributed by atoms with Gasteiger partial charge in [0.1, 0.15) is 0 Å². The average molecular weight is 400 g/mol. The van der Waals surface area contributed by atoms with Crippen molar-refractivity contribution in [3.05, 3.63) is 108 Å². The van der Waals surface area contributed by atoms with Crippen LogP contribution < -0.4 is 0 Å². The zero-order chi connectivity index (χ0) is 21.8. The molecule has 0 atom stereocenters. The van der Waals surface area contributed by atoms with E-state index in [9.17, 15) is 10.5 Å². The van der Waals surface area contributed by atoms with Crippen LogP contribution in [0.15, 0.2) is 85.2 Å². The Hall–Kier alpha value is -4.28. The van der Waals surface area contributed by atoms with Crippen molar-refractivity contribution in [1.82, 2.24) is 9.97 Å². The third kappa shape index (κ3) is 4.06. The van der Waals surface area contributed by atoms with E-state index in [2.05, 4.69) is 37.0 Å². The third-order valence-electron chi connectivity index (χ3n) is 5.46. The fourth-order valence-corrected chi connectivity index (χ4v) is 3.55. The van der Waals surface area contributed by atoms with E-state index < -0.39 is 5.41 Å². The summed E-state index contributed by atoms with van der Waals surface area (Å²) in [6.45, 7) is 4.24. The first-order chi connectivity index (χ1) is 15.0. The molecule has 4 nitrogen and oxygen atoms in total. The van der Waals surface area contributed by atoms with Gasteiger partial charge in [0.05, 0.1) is 34.7 Å². The molecule has 0 amide bonds. The highest BCUT2D eigenvalue weighted by atomic mass is 14.7. The first-order valence-corrected chi connectivity index (χ1v) is 9.95. The van der Waals surface area contributed by atoms with Gasteiger partial charge in [-0.2, -0.15) is 10.5 Å². The number of hydrogen-bond donors (Lipinski definition) is 0. The molecular weight excluding hydrogens is 380 g/mol. The lowest BCUT2D eigenvalue weighted by molar-refractivity contribution is 0.615. The molecule has 4 rings (SSSR count). The molecule has 0 aliphatic rings. The standard InChI is InChI=1S/C27H20N4/c1-27(2,24-14-23(17-30-18-24)21-8-3-6-19(12-21)15-28)26-11-5-10-25(31-26)22-9-4-7-20(13-22)16-29/h3-14,17-18H,1-2H3. The van der Waals surface area contributed by atoms with Gasteiger partial charge >= 0.3 is 0 Å². The van der Waals surface area contributed by atoms with Crippen molar-refractivity contribution in [2.75, 3.05) is 0 Å². The predicted octanol–water partition coefficient (Wildman–Crippen LogP) is 5.88. The minimum atomic E-state index is -0.390. The van der Waals surface area contributed by atoms with Gasteiger partial charge in [-0.3, -0.25) is 9.97 Å². The monoisotopic (exact) mass is 400 g/mol. The molecule has 0 bridgehead atoms. The summed E-state index contributed by atoms with van der Waals surface area (Å²) in [5.74, 6) is 0. The molecular formula is C27H20N4. The Balaban J connectivity index is 1.74. The van der Waals surface area contributed by atoms with E-state index in [0.717, 1.165) is 33.6 Å². The Morgan fingerprint density at radius 2 is 1.35 bits per heavy atom. The maximum Gasteiger partial charge on any atom is 0.0991 e. The highest BCUT2D eigenvalue weighted by Crippen LogP contribution is 2.33. The molecule has 2 heterocycles. The van der Waals surface area contributed by atoms with Gasteiger partial charge in [0.2, 0.25) is 0 Å². The number of pyridine rings is 2. The second-order valence-corrected chi connectivity index (χ2v) is 7.88. The lowest BCUT2D eigenvalue weighted by atomic mass is 9.81. The van der Waals surface area contributed by atoms with Gasteiger partial charge in [0.25, 0.3) is 0 Å². The summed E-state index contributed by atoms with van der Waals surface area (Å²) in [7, 11) is 0. The molecule has 0 fully saturated rings. The molecule has 0 N–H and O–H groups in total. The van der Waals surface area contributed by atoms with E-state index in [1.54, 1.807) is 12.1 Å². The van der Waals surface area contributed by atoms with E-state index in [4.69, 9.17) is 4.98 Å². The van der Waals surface area contributed by atoms with E-state index in [1.807, 2.05) is 67.0 Å². The molecule has 0 saturated heterocycles. The van der Waals surface area contributed by atoms with Gasteiger partial charge in [-0.1, -0.05) is 44.2 Å². The Labute approximate surface area is 182 Å². The Kier molecular flexibility index (Phi) is 5.31. The van der Waals surface area contributed by atoms with Crippen molar-refractivity contribution in [2.24, 2.45) is 0 Å². The molecule has 0 radical (unpaired) electrons. The molecule has 0 spiro atoms. The quantitative estimate of drug-likeness (QED) is 0.429. The number of nitriles is 2. The van der Waals surface area contributed by atoms with Gasteiger partial charge in [-0.25, -0.2) is 0 Å². The fourth-order valence-electron chi connectivity index (χ4n) is 3.55. The SMILES string of the molecule is CC(C)(c1cncc(-c2cccc(C#N)c2)c1)c1cccc(-c2cccc(C#N)c2)n1. The van der Waals surface area contributed by atoms with Gasteiger partial charge in [0, 0.05) is 28.9 Å². The molecule has 2 aromatic heterocycles. The zero-order valence-corrected chi connectivity index (χ0v) is 17.4. The van der Waals surface area contributed by atoms with Crippen LogP contribution in [0.4, 0.5) is 0 Å². The van der Waals surface area contributed by atoms with Crippen molar-refractivity contribution in [3.8, 4) is 34.5 Å². The summed E-state index contributed by atoms with van der Waals surface area (Å²) in [4.78, 5) is 9.38. The number of rotatable bonds is 4. The second kappa shape index (κ2) is 8.22. The van der Waals surface area contributed by atoms with Crippen molar-refractivity contribution >= 4 is 0 Å². The summed E-state index contributed by atoms with van der Waals surface area (Å²) in [6.07, 6.45) is 3.68. The minimum absolute atomic E-state index is 0.390. The Bertz CT molecular complexity index is 1240. The number of nitrogens with zero attached hydrogens (tertiary/aromatic N) is 4. The van der Waals surface area contributed by atoms with Crippen LogP contribution >= 0.6 is 0 Å². The van der Waals surface area contributed by atoms with Crippen LogP contribution in [-0.4, -0.2) is 9.97 Å². The highest BCUT2D eigenvalue weighted by Gasteiger charge is 2.26. The van der Waals surface area contributed by atoms with Crippen molar-refractivity contribution in [2.45, 2.75) is 19.3 Å².